The van der Waals surface area contributed by atoms with E-state index in [9.17, 15) is 14.4 Å². The summed E-state index contributed by atoms with van der Waals surface area (Å²) in [4.78, 5) is 37.7. The fourth-order valence-electron chi connectivity index (χ4n) is 2.72. The van der Waals surface area contributed by atoms with Crippen LogP contribution in [0.15, 0.2) is 36.4 Å². The van der Waals surface area contributed by atoms with Crippen LogP contribution in [0.1, 0.15) is 45.9 Å². The van der Waals surface area contributed by atoms with Gasteiger partial charge in [0, 0.05) is 4.88 Å². The van der Waals surface area contributed by atoms with Crippen LogP contribution in [0.4, 0.5) is 0 Å². The molecule has 0 radical (unpaired) electrons. The van der Waals surface area contributed by atoms with Crippen LogP contribution in [-0.4, -0.2) is 30.3 Å². The number of nitrogens with one attached hydrogen (secondary N) is 1. The van der Waals surface area contributed by atoms with E-state index in [1.54, 1.807) is 0 Å². The van der Waals surface area contributed by atoms with Gasteiger partial charge in [-0.2, -0.15) is 0 Å². The van der Waals surface area contributed by atoms with Crippen molar-refractivity contribution in [2.45, 2.75) is 46.1 Å². The summed E-state index contributed by atoms with van der Waals surface area (Å²) in [5.74, 6) is -1.14. The maximum Gasteiger partial charge on any atom is 0.348 e. The third kappa shape index (κ3) is 6.32. The minimum Gasteiger partial charge on any atom is -0.451 e. The second-order valence-corrected chi connectivity index (χ2v) is 7.70. The van der Waals surface area contributed by atoms with E-state index in [4.69, 9.17) is 4.74 Å². The number of carbonyl (C=O) groups excluding carboxylic acids is 3. The van der Waals surface area contributed by atoms with Gasteiger partial charge in [-0.3, -0.25) is 9.59 Å². The van der Waals surface area contributed by atoms with Gasteiger partial charge in [-0.15, -0.1) is 11.3 Å². The van der Waals surface area contributed by atoms with Gasteiger partial charge >= 0.3 is 5.97 Å². The topological polar surface area (TPSA) is 72.5 Å². The number of esters is 1. The van der Waals surface area contributed by atoms with Crippen LogP contribution in [0, 0.1) is 6.92 Å². The Labute approximate surface area is 163 Å². The summed E-state index contributed by atoms with van der Waals surface area (Å²) in [6.07, 6.45) is 2.32. The van der Waals surface area contributed by atoms with Gasteiger partial charge in [-0.05, 0) is 43.9 Å². The maximum atomic E-state index is 12.2. The number of ether oxygens (including phenoxy) is 1. The zero-order chi connectivity index (χ0) is 19.8. The summed E-state index contributed by atoms with van der Waals surface area (Å²) in [6.45, 7) is 5.08. The highest BCUT2D eigenvalue weighted by molar-refractivity contribution is 7.14. The van der Waals surface area contributed by atoms with Gasteiger partial charge in [-0.1, -0.05) is 43.7 Å². The third-order valence-corrected chi connectivity index (χ3v) is 5.26. The molecule has 0 saturated heterocycles. The normalized spacial score (nSPS) is 11.7. The highest BCUT2D eigenvalue weighted by Crippen LogP contribution is 2.23. The number of hydrogen-bond acceptors (Lipinski definition) is 5. The average molecular weight is 388 g/mol. The molecule has 0 fully saturated rings. The number of hydrogen-bond donors (Lipinski definition) is 1. The van der Waals surface area contributed by atoms with E-state index in [-0.39, 0.29) is 5.78 Å². The summed E-state index contributed by atoms with van der Waals surface area (Å²) >= 11 is 1.37. The van der Waals surface area contributed by atoms with Crippen molar-refractivity contribution >= 4 is 29.0 Å². The number of Topliss-reactive ketones (excluding diaryl/α,β-unsaturated/α-hetero) is 1. The quantitative estimate of drug-likeness (QED) is 0.669. The van der Waals surface area contributed by atoms with Crippen molar-refractivity contribution in [1.82, 2.24) is 5.32 Å². The van der Waals surface area contributed by atoms with Crippen LogP contribution in [0.2, 0.25) is 0 Å². The molecule has 6 heteroatoms. The minimum atomic E-state index is -0.640. The molecule has 0 bridgehead atoms. The van der Waals surface area contributed by atoms with Crippen molar-refractivity contribution in [3.63, 3.8) is 0 Å². The molecule has 1 aromatic carbocycles. The summed E-state index contributed by atoms with van der Waals surface area (Å²) < 4.78 is 5.12. The van der Waals surface area contributed by atoms with Gasteiger partial charge in [0.2, 0.25) is 0 Å². The van der Waals surface area contributed by atoms with E-state index in [2.05, 4.69) is 12.2 Å². The number of aryl methyl sites for hydroxylation is 2. The Morgan fingerprint density at radius 3 is 2.52 bits per heavy atom. The van der Waals surface area contributed by atoms with Crippen LogP contribution >= 0.6 is 11.3 Å². The average Bonchev–Trinajstić information content (AvgIpc) is 3.01. The van der Waals surface area contributed by atoms with Crippen molar-refractivity contribution in [2.75, 3.05) is 6.61 Å². The van der Waals surface area contributed by atoms with Crippen LogP contribution in [0.5, 0.6) is 0 Å². The molecule has 2 aromatic rings. The summed E-state index contributed by atoms with van der Waals surface area (Å²) in [6, 6.07) is 10.6. The Morgan fingerprint density at radius 1 is 1.19 bits per heavy atom. The van der Waals surface area contributed by atoms with Gasteiger partial charge < -0.3 is 10.1 Å². The summed E-state index contributed by atoms with van der Waals surface area (Å²) in [7, 11) is 0. The first-order chi connectivity index (χ1) is 12.9. The SMILES string of the molecule is CCCc1cc(C(=O)OCC(=O)N[C@@H](Cc2ccccc2)C(C)=O)sc1C. The Kier molecular flexibility index (Phi) is 7.73. The van der Waals surface area contributed by atoms with Gasteiger partial charge in [0.15, 0.2) is 12.4 Å². The molecule has 2 rings (SSSR count). The molecule has 1 atom stereocenters. The predicted octanol–water partition coefficient (Wildman–Crippen LogP) is 3.48. The lowest BCUT2D eigenvalue weighted by Crippen LogP contribution is -2.43. The number of thiophene rings is 1. The highest BCUT2D eigenvalue weighted by Gasteiger charge is 2.19. The standard InChI is InChI=1S/C21H25NO4S/c1-4-8-17-12-19(27-15(17)3)21(25)26-13-20(24)22-18(14(2)23)11-16-9-6-5-7-10-16/h5-7,9-10,12,18H,4,8,11,13H2,1-3H3,(H,22,24)/t18-/m0/s1. The highest BCUT2D eigenvalue weighted by atomic mass is 32.1. The second kappa shape index (κ2) is 10.0. The largest absolute Gasteiger partial charge is 0.451 e. The molecule has 1 amide bonds. The third-order valence-electron chi connectivity index (χ3n) is 4.18. The first-order valence-electron chi connectivity index (χ1n) is 9.00. The predicted molar refractivity (Wildman–Crippen MR) is 106 cm³/mol. The van der Waals surface area contributed by atoms with E-state index in [1.807, 2.05) is 43.3 Å². The monoisotopic (exact) mass is 387 g/mol. The Bertz CT molecular complexity index is 798. The van der Waals surface area contributed by atoms with Crippen molar-refractivity contribution in [1.29, 1.82) is 0 Å². The molecule has 0 unspecified atom stereocenters. The van der Waals surface area contributed by atoms with Gasteiger partial charge in [0.25, 0.3) is 5.91 Å². The van der Waals surface area contributed by atoms with E-state index in [1.165, 1.54) is 18.3 Å². The van der Waals surface area contributed by atoms with E-state index in [0.29, 0.717) is 11.3 Å². The molecular formula is C21H25NO4S. The fraction of sp³-hybridized carbons (Fsp3) is 0.381. The van der Waals surface area contributed by atoms with Crippen molar-refractivity contribution in [3.8, 4) is 0 Å². The lowest BCUT2D eigenvalue weighted by molar-refractivity contribution is -0.128. The van der Waals surface area contributed by atoms with Gasteiger partial charge in [0.05, 0.1) is 6.04 Å². The Hall–Kier alpha value is -2.47. The molecule has 0 aliphatic carbocycles. The molecule has 0 aliphatic rings. The number of amides is 1. The first-order valence-corrected chi connectivity index (χ1v) is 9.82. The number of benzene rings is 1. The van der Waals surface area contributed by atoms with Crippen molar-refractivity contribution in [2.24, 2.45) is 0 Å². The van der Waals surface area contributed by atoms with Crippen molar-refractivity contribution < 1.29 is 19.1 Å². The summed E-state index contributed by atoms with van der Waals surface area (Å²) in [5.41, 5.74) is 2.09. The molecule has 27 heavy (non-hydrogen) atoms. The van der Waals surface area contributed by atoms with E-state index < -0.39 is 24.5 Å². The lowest BCUT2D eigenvalue weighted by Gasteiger charge is -2.16. The zero-order valence-corrected chi connectivity index (χ0v) is 16.7. The van der Waals surface area contributed by atoms with E-state index in [0.717, 1.165) is 28.8 Å². The molecular weight excluding hydrogens is 362 g/mol. The molecule has 1 heterocycles. The maximum absolute atomic E-state index is 12.2. The second-order valence-electron chi connectivity index (χ2n) is 6.44. The molecule has 144 valence electrons. The van der Waals surface area contributed by atoms with E-state index >= 15 is 0 Å². The zero-order valence-electron chi connectivity index (χ0n) is 15.9. The molecule has 1 aromatic heterocycles. The van der Waals surface area contributed by atoms with Crippen LogP contribution in [0.3, 0.4) is 0 Å². The number of carbonyl (C=O) groups is 3. The lowest BCUT2D eigenvalue weighted by atomic mass is 10.0. The first kappa shape index (κ1) is 20.8. The van der Waals surface area contributed by atoms with Crippen LogP contribution in [0.25, 0.3) is 0 Å². The molecule has 5 nitrogen and oxygen atoms in total. The Balaban J connectivity index is 1.89. The fourth-order valence-corrected chi connectivity index (χ4v) is 3.69. The molecule has 0 spiro atoms. The Morgan fingerprint density at radius 2 is 1.89 bits per heavy atom. The number of ketones is 1. The van der Waals surface area contributed by atoms with Crippen molar-refractivity contribution in [3.05, 3.63) is 57.3 Å². The van der Waals surface area contributed by atoms with Crippen LogP contribution in [-0.2, 0) is 27.2 Å². The molecule has 0 saturated carbocycles. The minimum absolute atomic E-state index is 0.142. The van der Waals surface area contributed by atoms with Crippen LogP contribution < -0.4 is 5.32 Å². The van der Waals surface area contributed by atoms with Gasteiger partial charge in [0.1, 0.15) is 4.88 Å². The smallest absolute Gasteiger partial charge is 0.348 e. The summed E-state index contributed by atoms with van der Waals surface area (Å²) in [5, 5.41) is 2.65. The number of rotatable bonds is 9. The van der Waals surface area contributed by atoms with Gasteiger partial charge in [-0.25, -0.2) is 4.79 Å². The molecule has 0 aliphatic heterocycles. The molecule has 1 N–H and O–H groups in total.